The molecule has 1 aliphatic rings. The second-order valence-electron chi connectivity index (χ2n) is 7.74. The summed E-state index contributed by atoms with van der Waals surface area (Å²) in [6.45, 7) is 1.45. The standard InChI is InChI=1S/C26H22BrN3O5/c27-20-8-10-21(11-9-20)30(26(33)19-6-4-18(16-28)5-7-19)13-12-29-14-15-34-25-22(29)2-1-3-23(25)35-17-24(31)32/h1-11H,12-15,17H2,(H,31,32). The largest absolute Gasteiger partial charge is 0.486 e. The Bertz CT molecular complexity index is 1260. The van der Waals surface area contributed by atoms with E-state index in [4.69, 9.17) is 19.8 Å². The van der Waals surface area contributed by atoms with E-state index in [1.165, 1.54) is 0 Å². The molecule has 3 aromatic rings. The lowest BCUT2D eigenvalue weighted by molar-refractivity contribution is -0.139. The van der Waals surface area contributed by atoms with Gasteiger partial charge in [0.15, 0.2) is 18.1 Å². The molecule has 8 nitrogen and oxygen atoms in total. The minimum atomic E-state index is -1.07. The van der Waals surface area contributed by atoms with Crippen LogP contribution in [0.5, 0.6) is 11.5 Å². The van der Waals surface area contributed by atoms with E-state index in [2.05, 4.69) is 26.9 Å². The molecule has 1 heterocycles. The molecular formula is C26H22BrN3O5. The number of carboxylic acids is 1. The third kappa shape index (κ3) is 5.73. The maximum Gasteiger partial charge on any atom is 0.341 e. The van der Waals surface area contributed by atoms with E-state index in [1.54, 1.807) is 41.3 Å². The number of hydrogen-bond donors (Lipinski definition) is 1. The molecule has 3 aromatic carbocycles. The van der Waals surface area contributed by atoms with Gasteiger partial charge in [0.2, 0.25) is 0 Å². The molecule has 4 rings (SSSR count). The van der Waals surface area contributed by atoms with Crippen LogP contribution >= 0.6 is 15.9 Å². The van der Waals surface area contributed by atoms with Gasteiger partial charge in [-0.25, -0.2) is 4.79 Å². The van der Waals surface area contributed by atoms with Gasteiger partial charge in [-0.3, -0.25) is 4.79 Å². The molecule has 0 saturated heterocycles. The van der Waals surface area contributed by atoms with Crippen molar-refractivity contribution in [2.45, 2.75) is 0 Å². The second kappa shape index (κ2) is 10.9. The minimum absolute atomic E-state index is 0.177. The Kier molecular flexibility index (Phi) is 7.53. The predicted octanol–water partition coefficient (Wildman–Crippen LogP) is 4.33. The summed E-state index contributed by atoms with van der Waals surface area (Å²) < 4.78 is 12.1. The lowest BCUT2D eigenvalue weighted by Gasteiger charge is -2.34. The Balaban J connectivity index is 1.57. The number of rotatable bonds is 8. The summed E-state index contributed by atoms with van der Waals surface area (Å²) in [5.41, 5.74) is 2.50. The van der Waals surface area contributed by atoms with Gasteiger partial charge < -0.3 is 24.4 Å². The number of aliphatic carboxylic acids is 1. The third-order valence-electron chi connectivity index (χ3n) is 5.50. The fourth-order valence-electron chi connectivity index (χ4n) is 3.79. The van der Waals surface area contributed by atoms with E-state index in [-0.39, 0.29) is 5.91 Å². The number of carbonyl (C=O) groups excluding carboxylic acids is 1. The SMILES string of the molecule is N#Cc1ccc(C(=O)N(CCN2CCOc3c(OCC(=O)O)cccc32)c2ccc(Br)cc2)cc1. The summed E-state index contributed by atoms with van der Waals surface area (Å²) in [5, 5.41) is 18.0. The zero-order chi connectivity index (χ0) is 24.8. The molecule has 1 N–H and O–H groups in total. The first kappa shape index (κ1) is 24.1. The van der Waals surface area contributed by atoms with Crippen LogP contribution < -0.4 is 19.3 Å². The molecule has 35 heavy (non-hydrogen) atoms. The van der Waals surface area contributed by atoms with Crippen LogP contribution in [0.1, 0.15) is 15.9 Å². The van der Waals surface area contributed by atoms with Crippen LogP contribution in [0.25, 0.3) is 0 Å². The van der Waals surface area contributed by atoms with Gasteiger partial charge in [-0.15, -0.1) is 0 Å². The van der Waals surface area contributed by atoms with Crippen LogP contribution in [-0.2, 0) is 4.79 Å². The van der Waals surface area contributed by atoms with Crippen LogP contribution in [0, 0.1) is 11.3 Å². The highest BCUT2D eigenvalue weighted by atomic mass is 79.9. The number of carboxylic acid groups (broad SMARTS) is 1. The van der Waals surface area contributed by atoms with Crippen molar-refractivity contribution < 1.29 is 24.2 Å². The summed E-state index contributed by atoms with van der Waals surface area (Å²) in [7, 11) is 0. The predicted molar refractivity (Wildman–Crippen MR) is 134 cm³/mol. The average molecular weight is 536 g/mol. The van der Waals surface area contributed by atoms with Gasteiger partial charge in [0.05, 0.1) is 23.9 Å². The van der Waals surface area contributed by atoms with E-state index >= 15 is 0 Å². The van der Waals surface area contributed by atoms with Crippen molar-refractivity contribution in [1.82, 2.24) is 0 Å². The fraction of sp³-hybridized carbons (Fsp3) is 0.192. The zero-order valence-electron chi connectivity index (χ0n) is 18.7. The topological polar surface area (TPSA) is 103 Å². The van der Waals surface area contributed by atoms with Gasteiger partial charge in [0, 0.05) is 28.8 Å². The molecule has 0 unspecified atom stereocenters. The van der Waals surface area contributed by atoms with Crippen molar-refractivity contribution in [3.63, 3.8) is 0 Å². The first-order chi connectivity index (χ1) is 17.0. The Morgan fingerprint density at radius 3 is 2.54 bits per heavy atom. The number of hydrogen-bond acceptors (Lipinski definition) is 6. The van der Waals surface area contributed by atoms with E-state index in [0.717, 1.165) is 15.8 Å². The smallest absolute Gasteiger partial charge is 0.341 e. The molecule has 9 heteroatoms. The molecule has 0 fully saturated rings. The number of nitrogens with zero attached hydrogens (tertiary/aromatic N) is 3. The first-order valence-electron chi connectivity index (χ1n) is 10.9. The van der Waals surface area contributed by atoms with Crippen molar-refractivity contribution in [3.8, 4) is 17.6 Å². The number of amides is 1. The summed E-state index contributed by atoms with van der Waals surface area (Å²) >= 11 is 3.44. The average Bonchev–Trinajstić information content (AvgIpc) is 2.88. The molecular weight excluding hydrogens is 514 g/mol. The van der Waals surface area contributed by atoms with E-state index in [1.807, 2.05) is 30.3 Å². The molecule has 1 aliphatic heterocycles. The molecule has 1 amide bonds. The van der Waals surface area contributed by atoms with Crippen molar-refractivity contribution in [3.05, 3.63) is 82.3 Å². The highest BCUT2D eigenvalue weighted by Crippen LogP contribution is 2.40. The Hall–Kier alpha value is -4.03. The lowest BCUT2D eigenvalue weighted by Crippen LogP contribution is -2.41. The summed E-state index contributed by atoms with van der Waals surface area (Å²) in [6.07, 6.45) is 0. The van der Waals surface area contributed by atoms with Gasteiger partial charge in [-0.1, -0.05) is 22.0 Å². The number of para-hydroxylation sites is 1. The van der Waals surface area contributed by atoms with Gasteiger partial charge >= 0.3 is 5.97 Å². The fourth-order valence-corrected chi connectivity index (χ4v) is 4.06. The van der Waals surface area contributed by atoms with Gasteiger partial charge in [-0.2, -0.15) is 5.26 Å². The van der Waals surface area contributed by atoms with Crippen LogP contribution in [-0.4, -0.2) is 49.8 Å². The summed E-state index contributed by atoms with van der Waals surface area (Å²) in [6, 6.07) is 21.5. The molecule has 178 valence electrons. The minimum Gasteiger partial charge on any atom is -0.486 e. The van der Waals surface area contributed by atoms with Crippen LogP contribution in [0.15, 0.2) is 71.2 Å². The third-order valence-corrected chi connectivity index (χ3v) is 6.02. The van der Waals surface area contributed by atoms with E-state index < -0.39 is 12.6 Å². The van der Waals surface area contributed by atoms with Crippen LogP contribution in [0.4, 0.5) is 11.4 Å². The normalized spacial score (nSPS) is 12.2. The maximum atomic E-state index is 13.5. The number of anilines is 2. The number of ether oxygens (including phenoxy) is 2. The van der Waals surface area contributed by atoms with Gasteiger partial charge in [0.25, 0.3) is 5.91 Å². The van der Waals surface area contributed by atoms with Crippen LogP contribution in [0.2, 0.25) is 0 Å². The summed E-state index contributed by atoms with van der Waals surface area (Å²) in [5.74, 6) is -0.382. The number of halogens is 1. The summed E-state index contributed by atoms with van der Waals surface area (Å²) in [4.78, 5) is 28.2. The zero-order valence-corrected chi connectivity index (χ0v) is 20.3. The first-order valence-corrected chi connectivity index (χ1v) is 11.7. The number of fused-ring (bicyclic) bond motifs is 1. The quantitative estimate of drug-likeness (QED) is 0.457. The number of nitriles is 1. The Labute approximate surface area is 211 Å². The Morgan fingerprint density at radius 1 is 1.11 bits per heavy atom. The maximum absolute atomic E-state index is 13.5. The van der Waals surface area contributed by atoms with E-state index in [0.29, 0.717) is 48.9 Å². The van der Waals surface area contributed by atoms with Crippen molar-refractivity contribution in [2.24, 2.45) is 0 Å². The van der Waals surface area contributed by atoms with Crippen LogP contribution in [0.3, 0.4) is 0 Å². The van der Waals surface area contributed by atoms with Gasteiger partial charge in [-0.05, 0) is 60.7 Å². The molecule has 0 radical (unpaired) electrons. The number of benzene rings is 3. The number of carbonyl (C=O) groups is 2. The van der Waals surface area contributed by atoms with E-state index in [9.17, 15) is 9.59 Å². The molecule has 0 bridgehead atoms. The van der Waals surface area contributed by atoms with Crippen molar-refractivity contribution >= 4 is 39.2 Å². The highest BCUT2D eigenvalue weighted by Gasteiger charge is 2.24. The van der Waals surface area contributed by atoms with Crippen molar-refractivity contribution in [1.29, 1.82) is 5.26 Å². The molecule has 0 aromatic heterocycles. The van der Waals surface area contributed by atoms with Gasteiger partial charge in [0.1, 0.15) is 6.61 Å². The van der Waals surface area contributed by atoms with Crippen molar-refractivity contribution in [2.75, 3.05) is 42.6 Å². The molecule has 0 aliphatic carbocycles. The molecule has 0 saturated carbocycles. The monoisotopic (exact) mass is 535 g/mol. The lowest BCUT2D eigenvalue weighted by atomic mass is 10.1. The second-order valence-corrected chi connectivity index (χ2v) is 8.66. The highest BCUT2D eigenvalue weighted by molar-refractivity contribution is 9.10. The molecule has 0 atom stereocenters. The molecule has 0 spiro atoms. The Morgan fingerprint density at radius 2 is 1.86 bits per heavy atom.